The Bertz CT molecular complexity index is 1050. The highest BCUT2D eigenvalue weighted by atomic mass is 16.5. The molecule has 0 aliphatic carbocycles. The Morgan fingerprint density at radius 3 is 2.88 bits per heavy atom. The highest BCUT2D eigenvalue weighted by Gasteiger charge is 2.07. The van der Waals surface area contributed by atoms with Gasteiger partial charge in [-0.25, -0.2) is 4.98 Å². The highest BCUT2D eigenvalue weighted by Crippen LogP contribution is 2.22. The summed E-state index contributed by atoms with van der Waals surface area (Å²) in [5, 5.41) is 3.90. The van der Waals surface area contributed by atoms with E-state index in [4.69, 9.17) is 4.74 Å². The van der Waals surface area contributed by atoms with Crippen molar-refractivity contribution in [2.75, 3.05) is 13.2 Å². The molecule has 1 N–H and O–H groups in total. The monoisotopic (exact) mass is 346 g/mol. The summed E-state index contributed by atoms with van der Waals surface area (Å²) in [6, 6.07) is 17.4. The van der Waals surface area contributed by atoms with Gasteiger partial charge < -0.3 is 14.6 Å². The summed E-state index contributed by atoms with van der Waals surface area (Å²) in [6.45, 7) is 1.04. The number of hydrogen-bond donors (Lipinski definition) is 1. The minimum Gasteiger partial charge on any atom is -0.489 e. The van der Waals surface area contributed by atoms with E-state index in [1.165, 1.54) is 0 Å². The lowest BCUT2D eigenvalue weighted by Gasteiger charge is -2.10. The van der Waals surface area contributed by atoms with Crippen LogP contribution in [0.2, 0.25) is 0 Å². The molecule has 4 rings (SSSR count). The summed E-state index contributed by atoms with van der Waals surface area (Å²) < 4.78 is 7.61. The molecular formula is C20H18N4O2. The fourth-order valence-electron chi connectivity index (χ4n) is 2.89. The maximum atomic E-state index is 12.2. The van der Waals surface area contributed by atoms with Gasteiger partial charge in [0.15, 0.2) is 0 Å². The average molecular weight is 346 g/mol. The third-order valence-electron chi connectivity index (χ3n) is 4.12. The molecule has 0 aliphatic rings. The van der Waals surface area contributed by atoms with E-state index in [1.54, 1.807) is 12.5 Å². The van der Waals surface area contributed by atoms with Gasteiger partial charge in [0.25, 0.3) is 0 Å². The maximum absolute atomic E-state index is 12.2. The van der Waals surface area contributed by atoms with Crippen LogP contribution in [0.5, 0.6) is 5.75 Å². The topological polar surface area (TPSA) is 69.0 Å². The van der Waals surface area contributed by atoms with Crippen molar-refractivity contribution in [2.24, 2.45) is 0 Å². The van der Waals surface area contributed by atoms with Gasteiger partial charge in [-0.1, -0.05) is 30.3 Å². The first-order valence-corrected chi connectivity index (χ1v) is 8.44. The summed E-state index contributed by atoms with van der Waals surface area (Å²) in [7, 11) is 0. The standard InChI is InChI=1S/C20H18N4O2/c25-19(13-24-14-23-16-7-1-2-8-17(16)24)21-11-12-26-18-9-3-5-15-6-4-10-22-20(15)18/h1-10,14H,11-13H2,(H,21,25). The number of imidazole rings is 1. The molecule has 2 aromatic heterocycles. The molecule has 1 amide bonds. The molecule has 26 heavy (non-hydrogen) atoms. The second kappa shape index (κ2) is 7.23. The Kier molecular flexibility index (Phi) is 4.47. The molecule has 4 aromatic rings. The predicted octanol–water partition coefficient (Wildman–Crippen LogP) is 2.78. The van der Waals surface area contributed by atoms with E-state index in [2.05, 4.69) is 15.3 Å². The van der Waals surface area contributed by atoms with E-state index in [9.17, 15) is 4.79 Å². The van der Waals surface area contributed by atoms with Crippen molar-refractivity contribution in [3.63, 3.8) is 0 Å². The number of fused-ring (bicyclic) bond motifs is 2. The number of rotatable bonds is 6. The van der Waals surface area contributed by atoms with Gasteiger partial charge in [0.05, 0.1) is 23.9 Å². The number of amides is 1. The van der Waals surface area contributed by atoms with Crippen LogP contribution in [-0.4, -0.2) is 33.6 Å². The van der Waals surface area contributed by atoms with Crippen LogP contribution < -0.4 is 10.1 Å². The number of hydrogen-bond acceptors (Lipinski definition) is 4. The number of carbonyl (C=O) groups excluding carboxylic acids is 1. The summed E-state index contributed by atoms with van der Waals surface area (Å²) in [4.78, 5) is 20.8. The Hall–Kier alpha value is -3.41. The lowest BCUT2D eigenvalue weighted by Crippen LogP contribution is -2.31. The van der Waals surface area contributed by atoms with Crippen LogP contribution in [0.15, 0.2) is 67.1 Å². The van der Waals surface area contributed by atoms with Crippen molar-refractivity contribution in [2.45, 2.75) is 6.54 Å². The SMILES string of the molecule is O=C(Cn1cnc2ccccc21)NCCOc1cccc2cccnc12. The van der Waals surface area contributed by atoms with E-state index in [1.807, 2.05) is 59.2 Å². The molecule has 0 aliphatic heterocycles. The van der Waals surface area contributed by atoms with Gasteiger partial charge in [-0.15, -0.1) is 0 Å². The third-order valence-corrected chi connectivity index (χ3v) is 4.12. The first-order valence-electron chi connectivity index (χ1n) is 8.44. The molecule has 0 radical (unpaired) electrons. The predicted molar refractivity (Wildman–Crippen MR) is 100.0 cm³/mol. The van der Waals surface area contributed by atoms with Gasteiger partial charge >= 0.3 is 0 Å². The maximum Gasteiger partial charge on any atom is 0.240 e. The molecule has 0 saturated heterocycles. The number of aromatic nitrogens is 3. The van der Waals surface area contributed by atoms with Crippen molar-refractivity contribution in [3.05, 3.63) is 67.1 Å². The van der Waals surface area contributed by atoms with Crippen LogP contribution in [0.4, 0.5) is 0 Å². The molecule has 2 heterocycles. The lowest BCUT2D eigenvalue weighted by atomic mass is 10.2. The zero-order chi connectivity index (χ0) is 17.8. The van der Waals surface area contributed by atoms with Gasteiger partial charge in [-0.3, -0.25) is 9.78 Å². The second-order valence-corrected chi connectivity index (χ2v) is 5.89. The highest BCUT2D eigenvalue weighted by molar-refractivity contribution is 5.84. The Labute approximate surface area is 150 Å². The molecule has 130 valence electrons. The summed E-state index contributed by atoms with van der Waals surface area (Å²) in [5.41, 5.74) is 2.65. The van der Waals surface area contributed by atoms with E-state index in [0.29, 0.717) is 13.2 Å². The quantitative estimate of drug-likeness (QED) is 0.545. The van der Waals surface area contributed by atoms with Crippen LogP contribution in [0.1, 0.15) is 0 Å². The minimum atomic E-state index is -0.0761. The van der Waals surface area contributed by atoms with Gasteiger partial charge in [0.1, 0.15) is 24.4 Å². The molecule has 0 atom stereocenters. The number of ether oxygens (including phenoxy) is 1. The van der Waals surface area contributed by atoms with Crippen LogP contribution in [0.3, 0.4) is 0 Å². The Morgan fingerprint density at radius 1 is 1.04 bits per heavy atom. The van der Waals surface area contributed by atoms with Crippen molar-refractivity contribution < 1.29 is 9.53 Å². The first kappa shape index (κ1) is 16.1. The molecular weight excluding hydrogens is 328 g/mol. The van der Waals surface area contributed by atoms with Crippen LogP contribution in [-0.2, 0) is 11.3 Å². The zero-order valence-electron chi connectivity index (χ0n) is 14.1. The number of nitrogens with one attached hydrogen (secondary N) is 1. The van der Waals surface area contributed by atoms with Crippen LogP contribution >= 0.6 is 0 Å². The van der Waals surface area contributed by atoms with E-state index < -0.39 is 0 Å². The first-order chi connectivity index (χ1) is 12.8. The van der Waals surface area contributed by atoms with Gasteiger partial charge in [0.2, 0.25) is 5.91 Å². The largest absolute Gasteiger partial charge is 0.489 e. The van der Waals surface area contributed by atoms with Gasteiger partial charge in [0, 0.05) is 11.6 Å². The van der Waals surface area contributed by atoms with E-state index in [0.717, 1.165) is 27.7 Å². The zero-order valence-corrected chi connectivity index (χ0v) is 14.1. The normalized spacial score (nSPS) is 10.9. The number of nitrogens with zero attached hydrogens (tertiary/aromatic N) is 3. The van der Waals surface area contributed by atoms with E-state index in [-0.39, 0.29) is 12.5 Å². The number of carbonyl (C=O) groups is 1. The molecule has 0 bridgehead atoms. The molecule has 6 heteroatoms. The van der Waals surface area contributed by atoms with Crippen molar-refractivity contribution >= 4 is 27.8 Å². The third kappa shape index (κ3) is 3.35. The average Bonchev–Trinajstić information content (AvgIpc) is 3.08. The Balaban J connectivity index is 1.31. The molecule has 2 aromatic carbocycles. The van der Waals surface area contributed by atoms with E-state index >= 15 is 0 Å². The van der Waals surface area contributed by atoms with Crippen LogP contribution in [0.25, 0.3) is 21.9 Å². The molecule has 6 nitrogen and oxygen atoms in total. The van der Waals surface area contributed by atoms with Crippen molar-refractivity contribution in [1.29, 1.82) is 0 Å². The Morgan fingerprint density at radius 2 is 1.92 bits per heavy atom. The summed E-state index contributed by atoms with van der Waals surface area (Å²) in [6.07, 6.45) is 3.43. The number of benzene rings is 2. The number of pyridine rings is 1. The summed E-state index contributed by atoms with van der Waals surface area (Å²) >= 11 is 0. The number of para-hydroxylation sites is 3. The summed E-state index contributed by atoms with van der Waals surface area (Å²) in [5.74, 6) is 0.644. The van der Waals surface area contributed by atoms with Crippen molar-refractivity contribution in [3.8, 4) is 5.75 Å². The smallest absolute Gasteiger partial charge is 0.240 e. The fraction of sp³-hybridized carbons (Fsp3) is 0.150. The molecule has 0 unspecified atom stereocenters. The minimum absolute atomic E-state index is 0.0761. The lowest BCUT2D eigenvalue weighted by molar-refractivity contribution is -0.121. The fourth-order valence-corrected chi connectivity index (χ4v) is 2.89. The molecule has 0 fully saturated rings. The second-order valence-electron chi connectivity index (χ2n) is 5.89. The molecule has 0 spiro atoms. The van der Waals surface area contributed by atoms with Gasteiger partial charge in [-0.05, 0) is 24.3 Å². The molecule has 0 saturated carbocycles. The van der Waals surface area contributed by atoms with Crippen molar-refractivity contribution in [1.82, 2.24) is 19.9 Å². The van der Waals surface area contributed by atoms with Crippen LogP contribution in [0, 0.1) is 0 Å². The van der Waals surface area contributed by atoms with Gasteiger partial charge in [-0.2, -0.15) is 0 Å².